The highest BCUT2D eigenvalue weighted by atomic mass is 32.3. The summed E-state index contributed by atoms with van der Waals surface area (Å²) in [5.41, 5.74) is 1.49. The third kappa shape index (κ3) is 2.05. The Balaban J connectivity index is 1.97. The van der Waals surface area contributed by atoms with Gasteiger partial charge in [-0.2, -0.15) is 13.5 Å². The summed E-state index contributed by atoms with van der Waals surface area (Å²) in [6.07, 6.45) is 2.60. The van der Waals surface area contributed by atoms with Gasteiger partial charge in [-0.25, -0.2) is 9.78 Å². The van der Waals surface area contributed by atoms with Gasteiger partial charge in [-0.15, -0.1) is 4.28 Å². The fourth-order valence-corrected chi connectivity index (χ4v) is 3.01. The maximum absolute atomic E-state index is 12.0. The number of imidazole rings is 1. The quantitative estimate of drug-likeness (QED) is 0.803. The normalized spacial score (nSPS) is 21.5. The largest absolute Gasteiger partial charge is 0.418 e. The van der Waals surface area contributed by atoms with Gasteiger partial charge in [0, 0.05) is 6.54 Å². The number of aromatic nitrogens is 2. The van der Waals surface area contributed by atoms with E-state index < -0.39 is 22.5 Å². The van der Waals surface area contributed by atoms with Gasteiger partial charge >= 0.3 is 16.4 Å². The molecule has 0 radical (unpaired) electrons. The van der Waals surface area contributed by atoms with Crippen LogP contribution >= 0.6 is 0 Å². The second kappa shape index (κ2) is 4.43. The zero-order valence-corrected chi connectivity index (χ0v) is 11.6. The molecule has 10 heteroatoms. The number of nitrogens with zero attached hydrogens (tertiary/aromatic N) is 4. The lowest BCUT2D eigenvalue weighted by molar-refractivity contribution is -0.0326. The predicted molar refractivity (Wildman–Crippen MR) is 65.5 cm³/mol. The molecule has 0 saturated carbocycles. The SMILES string of the molecule is CCCn1cnc2c1CN1CC2N(OS(=O)(=O)O)C1=O. The van der Waals surface area contributed by atoms with Gasteiger partial charge in [-0.3, -0.25) is 4.55 Å². The van der Waals surface area contributed by atoms with Gasteiger partial charge in [0.05, 0.1) is 30.8 Å². The Morgan fingerprint density at radius 2 is 2.30 bits per heavy atom. The van der Waals surface area contributed by atoms with Crippen LogP contribution in [0.15, 0.2) is 6.33 Å². The predicted octanol–water partition coefficient (Wildman–Crippen LogP) is 0.320. The second-order valence-electron chi connectivity index (χ2n) is 4.78. The van der Waals surface area contributed by atoms with Crippen LogP contribution in [0.1, 0.15) is 30.8 Å². The fraction of sp³-hybridized carbons (Fsp3) is 0.600. The Hall–Kier alpha value is -1.65. The Morgan fingerprint density at radius 1 is 1.55 bits per heavy atom. The van der Waals surface area contributed by atoms with Crippen molar-refractivity contribution in [2.75, 3.05) is 6.54 Å². The summed E-state index contributed by atoms with van der Waals surface area (Å²) in [6.45, 7) is 3.46. The Kier molecular flexibility index (Phi) is 2.96. The van der Waals surface area contributed by atoms with Crippen molar-refractivity contribution >= 4 is 16.4 Å². The van der Waals surface area contributed by atoms with Gasteiger partial charge in [0.15, 0.2) is 0 Å². The van der Waals surface area contributed by atoms with Crippen LogP contribution in [0.3, 0.4) is 0 Å². The molecule has 1 aromatic heterocycles. The summed E-state index contributed by atoms with van der Waals surface area (Å²) in [5, 5.41) is 0.671. The van der Waals surface area contributed by atoms with Gasteiger partial charge < -0.3 is 9.47 Å². The maximum atomic E-state index is 12.0. The Bertz CT molecular complexity index is 655. The van der Waals surface area contributed by atoms with E-state index >= 15 is 0 Å². The van der Waals surface area contributed by atoms with Crippen molar-refractivity contribution < 1.29 is 22.0 Å². The van der Waals surface area contributed by atoms with Crippen LogP contribution in [0.2, 0.25) is 0 Å². The van der Waals surface area contributed by atoms with Crippen LogP contribution in [-0.4, -0.2) is 45.1 Å². The first-order valence-corrected chi connectivity index (χ1v) is 7.56. The van der Waals surface area contributed by atoms with Crippen molar-refractivity contribution in [1.82, 2.24) is 19.5 Å². The minimum absolute atomic E-state index is 0.296. The van der Waals surface area contributed by atoms with Gasteiger partial charge in [0.25, 0.3) is 0 Å². The van der Waals surface area contributed by atoms with Crippen molar-refractivity contribution in [3.63, 3.8) is 0 Å². The number of hydroxylamine groups is 2. The van der Waals surface area contributed by atoms with Gasteiger partial charge in [-0.05, 0) is 6.42 Å². The first kappa shape index (κ1) is 13.3. The highest BCUT2D eigenvalue weighted by molar-refractivity contribution is 7.80. The molecular formula is C10H14N4O5S. The third-order valence-electron chi connectivity index (χ3n) is 3.41. The fourth-order valence-electron chi connectivity index (χ4n) is 2.64. The molecule has 2 amide bonds. The lowest BCUT2D eigenvalue weighted by Crippen LogP contribution is -2.32. The molecule has 1 unspecified atom stereocenters. The summed E-state index contributed by atoms with van der Waals surface area (Å²) < 4.78 is 36.8. The van der Waals surface area contributed by atoms with E-state index in [9.17, 15) is 13.2 Å². The van der Waals surface area contributed by atoms with Crippen molar-refractivity contribution in [3.05, 3.63) is 17.7 Å². The average Bonchev–Trinajstić information content (AvgIpc) is 2.86. The second-order valence-corrected chi connectivity index (χ2v) is 5.78. The molecule has 0 aromatic carbocycles. The average molecular weight is 302 g/mol. The number of carbonyl (C=O) groups excluding carboxylic acids is 1. The number of urea groups is 1. The summed E-state index contributed by atoms with van der Waals surface area (Å²) >= 11 is 0. The van der Waals surface area contributed by atoms with E-state index in [1.165, 1.54) is 4.90 Å². The number of amides is 2. The van der Waals surface area contributed by atoms with Gasteiger partial charge in [0.1, 0.15) is 6.04 Å². The lowest BCUT2D eigenvalue weighted by atomic mass is 10.1. The molecule has 0 aliphatic carbocycles. The molecule has 2 aliphatic rings. The standard InChI is InChI=1S/C10H14N4O5S/c1-2-3-12-6-11-9-7(12)4-13-5-8(9)14(10(13)15)19-20(16,17)18/h6,8H,2-5H2,1H3,(H,16,17,18). The Labute approximate surface area is 115 Å². The lowest BCUT2D eigenvalue weighted by Gasteiger charge is -2.22. The van der Waals surface area contributed by atoms with E-state index in [1.807, 2.05) is 11.5 Å². The number of rotatable bonds is 4. The minimum atomic E-state index is -4.74. The topological polar surface area (TPSA) is 105 Å². The number of aryl methyl sites for hydroxylation is 1. The monoisotopic (exact) mass is 302 g/mol. The van der Waals surface area contributed by atoms with Crippen LogP contribution < -0.4 is 0 Å². The van der Waals surface area contributed by atoms with Gasteiger partial charge in [0.2, 0.25) is 0 Å². The van der Waals surface area contributed by atoms with Crippen molar-refractivity contribution in [1.29, 1.82) is 0 Å². The summed E-state index contributed by atoms with van der Waals surface area (Å²) in [7, 11) is -4.74. The maximum Gasteiger partial charge on any atom is 0.418 e. The van der Waals surface area contributed by atoms with Crippen molar-refractivity contribution in [2.24, 2.45) is 0 Å². The first-order valence-electron chi connectivity index (χ1n) is 6.19. The molecule has 20 heavy (non-hydrogen) atoms. The molecule has 3 rings (SSSR count). The molecule has 9 nitrogen and oxygen atoms in total. The molecule has 1 N–H and O–H groups in total. The van der Waals surface area contributed by atoms with E-state index in [-0.39, 0.29) is 0 Å². The Morgan fingerprint density at radius 3 is 2.95 bits per heavy atom. The number of fused-ring (bicyclic) bond motifs is 4. The van der Waals surface area contributed by atoms with E-state index in [2.05, 4.69) is 9.27 Å². The van der Waals surface area contributed by atoms with Crippen LogP contribution in [0.4, 0.5) is 4.79 Å². The minimum Gasteiger partial charge on any atom is -0.333 e. The summed E-state index contributed by atoms with van der Waals surface area (Å²) in [6, 6.07) is -1.21. The highest BCUT2D eigenvalue weighted by Gasteiger charge is 2.47. The molecule has 3 heterocycles. The molecule has 0 spiro atoms. The van der Waals surface area contributed by atoms with Gasteiger partial charge in [-0.1, -0.05) is 6.92 Å². The van der Waals surface area contributed by atoms with Crippen LogP contribution in [-0.2, 0) is 27.8 Å². The number of carbonyl (C=O) groups is 1. The molecule has 1 saturated heterocycles. The van der Waals surface area contributed by atoms with Crippen LogP contribution in [0, 0.1) is 0 Å². The molecule has 1 aromatic rings. The number of hydrogen-bond donors (Lipinski definition) is 1. The van der Waals surface area contributed by atoms with E-state index in [1.54, 1.807) is 6.33 Å². The van der Waals surface area contributed by atoms with Crippen LogP contribution in [0.5, 0.6) is 0 Å². The molecule has 2 aliphatic heterocycles. The smallest absolute Gasteiger partial charge is 0.333 e. The zero-order valence-electron chi connectivity index (χ0n) is 10.8. The van der Waals surface area contributed by atoms with E-state index in [4.69, 9.17) is 4.55 Å². The third-order valence-corrected chi connectivity index (χ3v) is 3.76. The van der Waals surface area contributed by atoms with Crippen molar-refractivity contribution in [3.8, 4) is 0 Å². The van der Waals surface area contributed by atoms with Crippen LogP contribution in [0.25, 0.3) is 0 Å². The first-order chi connectivity index (χ1) is 9.40. The van der Waals surface area contributed by atoms with E-state index in [0.717, 1.165) is 18.7 Å². The van der Waals surface area contributed by atoms with Crippen molar-refractivity contribution in [2.45, 2.75) is 32.5 Å². The molecule has 2 bridgehead atoms. The summed E-state index contributed by atoms with van der Waals surface area (Å²) in [5.74, 6) is 0. The molecular weight excluding hydrogens is 288 g/mol. The highest BCUT2D eigenvalue weighted by Crippen LogP contribution is 2.37. The van der Waals surface area contributed by atoms with E-state index in [0.29, 0.717) is 23.8 Å². The molecule has 110 valence electrons. The zero-order chi connectivity index (χ0) is 14.5. The summed E-state index contributed by atoms with van der Waals surface area (Å²) in [4.78, 5) is 17.7. The number of hydrogen-bond acceptors (Lipinski definition) is 5. The molecule has 1 fully saturated rings. The molecule has 1 atom stereocenters.